The van der Waals surface area contributed by atoms with E-state index in [0.29, 0.717) is 11.1 Å². The Bertz CT molecular complexity index is 492. The molecule has 0 saturated carbocycles. The number of nitrogens with zero attached hydrogens (tertiary/aromatic N) is 1. The molecular weight excluding hydrogens is 286 g/mol. The number of hydrogen-bond acceptors (Lipinski definition) is 4. The fourth-order valence-electron chi connectivity index (χ4n) is 2.54. The number of carbonyl (C=O) groups excluding carboxylic acids is 1. The van der Waals surface area contributed by atoms with E-state index in [9.17, 15) is 4.79 Å². The van der Waals surface area contributed by atoms with Crippen LogP contribution >= 0.6 is 11.8 Å². The highest BCUT2D eigenvalue weighted by Crippen LogP contribution is 2.30. The molecule has 1 unspecified atom stereocenters. The highest BCUT2D eigenvalue weighted by Gasteiger charge is 2.30. The first-order chi connectivity index (χ1) is 10.2. The van der Waals surface area contributed by atoms with Crippen molar-refractivity contribution in [2.45, 2.75) is 31.6 Å². The van der Waals surface area contributed by atoms with Gasteiger partial charge in [0.2, 0.25) is 5.91 Å². The van der Waals surface area contributed by atoms with Gasteiger partial charge >= 0.3 is 0 Å². The molecule has 21 heavy (non-hydrogen) atoms. The smallest absolute Gasteiger partial charge is 0.233 e. The molecule has 1 heterocycles. The number of methoxy groups -OCH3 is 2. The van der Waals surface area contributed by atoms with Crippen LogP contribution in [-0.2, 0) is 11.2 Å². The maximum Gasteiger partial charge on any atom is 0.233 e. The van der Waals surface area contributed by atoms with Crippen LogP contribution in [0.2, 0.25) is 0 Å². The molecule has 4 nitrogen and oxygen atoms in total. The molecule has 1 amide bonds. The van der Waals surface area contributed by atoms with Crippen molar-refractivity contribution in [2.24, 2.45) is 0 Å². The van der Waals surface area contributed by atoms with Crippen LogP contribution in [0.1, 0.15) is 25.3 Å². The van der Waals surface area contributed by atoms with E-state index >= 15 is 0 Å². The highest BCUT2D eigenvalue weighted by molar-refractivity contribution is 8.00. The predicted octanol–water partition coefficient (Wildman–Crippen LogP) is 2.95. The number of benzene rings is 1. The minimum Gasteiger partial charge on any atom is -0.493 e. The van der Waals surface area contributed by atoms with E-state index in [2.05, 4.69) is 6.92 Å². The van der Waals surface area contributed by atoms with Crippen LogP contribution in [0.15, 0.2) is 18.2 Å². The first-order valence-electron chi connectivity index (χ1n) is 7.31. The second kappa shape index (κ2) is 7.59. The Hall–Kier alpha value is -1.36. The van der Waals surface area contributed by atoms with Gasteiger partial charge in [-0.15, -0.1) is 11.8 Å². The molecule has 0 aromatic heterocycles. The van der Waals surface area contributed by atoms with Crippen molar-refractivity contribution in [3.63, 3.8) is 0 Å². The average Bonchev–Trinajstić information content (AvgIpc) is 2.85. The lowest BCUT2D eigenvalue weighted by atomic mass is 10.1. The summed E-state index contributed by atoms with van der Waals surface area (Å²) in [6, 6.07) is 5.93. The van der Waals surface area contributed by atoms with Crippen LogP contribution in [0.4, 0.5) is 0 Å². The normalized spacial score (nSPS) is 18.1. The SMILES string of the molecule is CCCC1SCC(=O)N1CCc1ccc(OC)c(OC)c1. The second-order valence-electron chi connectivity index (χ2n) is 5.08. The van der Waals surface area contributed by atoms with Crippen molar-refractivity contribution in [3.05, 3.63) is 23.8 Å². The van der Waals surface area contributed by atoms with Crippen LogP contribution in [0, 0.1) is 0 Å². The number of carbonyl (C=O) groups is 1. The van der Waals surface area contributed by atoms with Crippen molar-refractivity contribution in [2.75, 3.05) is 26.5 Å². The van der Waals surface area contributed by atoms with Gasteiger partial charge in [-0.2, -0.15) is 0 Å². The summed E-state index contributed by atoms with van der Waals surface area (Å²) in [5, 5.41) is 0.350. The van der Waals surface area contributed by atoms with Gasteiger partial charge in [-0.3, -0.25) is 4.79 Å². The topological polar surface area (TPSA) is 38.8 Å². The number of thioether (sulfide) groups is 1. The van der Waals surface area contributed by atoms with Crippen LogP contribution in [0.25, 0.3) is 0 Å². The van der Waals surface area contributed by atoms with Crippen LogP contribution < -0.4 is 9.47 Å². The fourth-order valence-corrected chi connectivity index (χ4v) is 3.85. The van der Waals surface area contributed by atoms with Gasteiger partial charge in [0.15, 0.2) is 11.5 Å². The summed E-state index contributed by atoms with van der Waals surface area (Å²) in [6.07, 6.45) is 3.02. The monoisotopic (exact) mass is 309 g/mol. The summed E-state index contributed by atoms with van der Waals surface area (Å²) in [5.74, 6) is 2.36. The summed E-state index contributed by atoms with van der Waals surface area (Å²) in [6.45, 7) is 2.93. The molecule has 1 saturated heterocycles. The molecule has 0 aliphatic carbocycles. The Morgan fingerprint density at radius 1 is 1.29 bits per heavy atom. The maximum absolute atomic E-state index is 12.0. The van der Waals surface area contributed by atoms with Crippen molar-refractivity contribution in [1.29, 1.82) is 0 Å². The second-order valence-corrected chi connectivity index (χ2v) is 6.25. The maximum atomic E-state index is 12.0. The van der Waals surface area contributed by atoms with Gasteiger partial charge in [0.05, 0.1) is 25.3 Å². The summed E-state index contributed by atoms with van der Waals surface area (Å²) in [4.78, 5) is 14.0. The molecule has 2 rings (SSSR count). The van der Waals surface area contributed by atoms with Crippen molar-refractivity contribution >= 4 is 17.7 Å². The predicted molar refractivity (Wildman–Crippen MR) is 86.1 cm³/mol. The van der Waals surface area contributed by atoms with E-state index in [0.717, 1.165) is 42.9 Å². The third-order valence-electron chi connectivity index (χ3n) is 3.69. The molecular formula is C16H23NO3S. The van der Waals surface area contributed by atoms with E-state index in [1.54, 1.807) is 26.0 Å². The van der Waals surface area contributed by atoms with Crippen LogP contribution in [0.3, 0.4) is 0 Å². The van der Waals surface area contributed by atoms with E-state index < -0.39 is 0 Å². The van der Waals surface area contributed by atoms with Crippen molar-refractivity contribution in [1.82, 2.24) is 4.90 Å². The molecule has 0 bridgehead atoms. The Balaban J connectivity index is 2.00. The van der Waals surface area contributed by atoms with Crippen LogP contribution in [0.5, 0.6) is 11.5 Å². The number of hydrogen-bond donors (Lipinski definition) is 0. The van der Waals surface area contributed by atoms with Gasteiger partial charge in [-0.25, -0.2) is 0 Å². The molecule has 5 heteroatoms. The molecule has 0 spiro atoms. The van der Waals surface area contributed by atoms with Gasteiger partial charge in [0, 0.05) is 6.54 Å². The van der Waals surface area contributed by atoms with E-state index in [1.807, 2.05) is 23.1 Å². The van der Waals surface area contributed by atoms with Gasteiger partial charge in [0.1, 0.15) is 0 Å². The number of amides is 1. The number of ether oxygens (including phenoxy) is 2. The zero-order valence-corrected chi connectivity index (χ0v) is 13.7. The van der Waals surface area contributed by atoms with Crippen molar-refractivity contribution < 1.29 is 14.3 Å². The molecule has 0 radical (unpaired) electrons. The fraction of sp³-hybridized carbons (Fsp3) is 0.562. The third kappa shape index (κ3) is 3.84. The van der Waals surface area contributed by atoms with Crippen LogP contribution in [-0.4, -0.2) is 42.7 Å². The minimum atomic E-state index is 0.263. The Morgan fingerprint density at radius 2 is 2.05 bits per heavy atom. The first-order valence-corrected chi connectivity index (χ1v) is 8.36. The molecule has 1 atom stereocenters. The molecule has 1 aromatic carbocycles. The first kappa shape index (κ1) is 16.0. The van der Waals surface area contributed by atoms with Gasteiger partial charge in [-0.1, -0.05) is 19.4 Å². The lowest BCUT2D eigenvalue weighted by Crippen LogP contribution is -2.34. The largest absolute Gasteiger partial charge is 0.493 e. The van der Waals surface area contributed by atoms with Gasteiger partial charge in [-0.05, 0) is 30.5 Å². The van der Waals surface area contributed by atoms with E-state index in [1.165, 1.54) is 0 Å². The Labute approximate surface area is 130 Å². The van der Waals surface area contributed by atoms with Gasteiger partial charge in [0.25, 0.3) is 0 Å². The third-order valence-corrected chi connectivity index (χ3v) is 4.98. The Morgan fingerprint density at radius 3 is 2.71 bits per heavy atom. The lowest BCUT2D eigenvalue weighted by molar-refractivity contribution is -0.128. The molecule has 1 aliphatic rings. The summed E-state index contributed by atoms with van der Waals surface area (Å²) < 4.78 is 10.6. The molecule has 116 valence electrons. The quantitative estimate of drug-likeness (QED) is 0.776. The summed E-state index contributed by atoms with van der Waals surface area (Å²) in [5.41, 5.74) is 1.16. The standard InChI is InChI=1S/C16H23NO3S/c1-4-5-16-17(15(18)11-21-16)9-8-12-6-7-13(19-2)14(10-12)20-3/h6-7,10,16H,4-5,8-9,11H2,1-3H3. The zero-order chi connectivity index (χ0) is 15.2. The molecule has 1 aromatic rings. The highest BCUT2D eigenvalue weighted by atomic mass is 32.2. The van der Waals surface area contributed by atoms with E-state index in [-0.39, 0.29) is 5.91 Å². The van der Waals surface area contributed by atoms with Crippen molar-refractivity contribution in [3.8, 4) is 11.5 Å². The minimum absolute atomic E-state index is 0.263. The Kier molecular flexibility index (Phi) is 5.79. The molecule has 0 N–H and O–H groups in total. The average molecular weight is 309 g/mol. The molecule has 1 aliphatic heterocycles. The summed E-state index contributed by atoms with van der Waals surface area (Å²) in [7, 11) is 3.27. The van der Waals surface area contributed by atoms with E-state index in [4.69, 9.17) is 9.47 Å². The zero-order valence-electron chi connectivity index (χ0n) is 12.9. The van der Waals surface area contributed by atoms with Gasteiger partial charge < -0.3 is 14.4 Å². The lowest BCUT2D eigenvalue weighted by Gasteiger charge is -2.23. The number of rotatable bonds is 7. The molecule has 1 fully saturated rings. The summed E-state index contributed by atoms with van der Waals surface area (Å²) >= 11 is 1.76.